The van der Waals surface area contributed by atoms with Crippen LogP contribution in [-0.2, 0) is 13.6 Å². The van der Waals surface area contributed by atoms with Gasteiger partial charge in [-0.25, -0.2) is 0 Å². The van der Waals surface area contributed by atoms with Gasteiger partial charge in [-0.05, 0) is 61.6 Å². The molecule has 0 aliphatic rings. The number of aryl methyl sites for hydroxylation is 3. The van der Waals surface area contributed by atoms with Crippen LogP contribution in [0.1, 0.15) is 58.3 Å². The van der Waals surface area contributed by atoms with E-state index in [1.807, 2.05) is 38.6 Å². The lowest BCUT2D eigenvalue weighted by Crippen LogP contribution is -2.23. The van der Waals surface area contributed by atoms with Crippen molar-refractivity contribution in [2.45, 2.75) is 47.1 Å². The van der Waals surface area contributed by atoms with Crippen LogP contribution < -0.4 is 10.1 Å². The number of carbonyl (C=O) groups is 1. The number of hydrogen-bond acceptors (Lipinski definition) is 4. The van der Waals surface area contributed by atoms with Gasteiger partial charge in [0.2, 0.25) is 0 Å². The number of aromatic nitrogens is 4. The van der Waals surface area contributed by atoms with Crippen LogP contribution in [0.15, 0.2) is 18.2 Å². The summed E-state index contributed by atoms with van der Waals surface area (Å²) >= 11 is 0. The summed E-state index contributed by atoms with van der Waals surface area (Å²) in [5.74, 6) is 1.03. The lowest BCUT2D eigenvalue weighted by atomic mass is 9.96. The third-order valence-corrected chi connectivity index (χ3v) is 5.34. The summed E-state index contributed by atoms with van der Waals surface area (Å²) in [6.45, 7) is 10.6. The van der Waals surface area contributed by atoms with Crippen LogP contribution in [0.25, 0.3) is 11.3 Å². The summed E-state index contributed by atoms with van der Waals surface area (Å²) in [5.41, 5.74) is 7.29. The van der Waals surface area contributed by atoms with E-state index < -0.39 is 0 Å². The van der Waals surface area contributed by atoms with E-state index in [-0.39, 0.29) is 5.91 Å². The Bertz CT molecular complexity index is 1050. The second-order valence-electron chi connectivity index (χ2n) is 7.69. The van der Waals surface area contributed by atoms with Crippen molar-refractivity contribution in [2.24, 2.45) is 7.05 Å². The van der Waals surface area contributed by atoms with Crippen LogP contribution in [0.4, 0.5) is 0 Å². The van der Waals surface area contributed by atoms with Crippen LogP contribution in [0.2, 0.25) is 0 Å². The molecule has 154 valence electrons. The highest BCUT2D eigenvalue weighted by molar-refractivity contribution is 5.93. The van der Waals surface area contributed by atoms with Crippen molar-refractivity contribution in [1.82, 2.24) is 25.3 Å². The Morgan fingerprint density at radius 3 is 2.55 bits per heavy atom. The van der Waals surface area contributed by atoms with E-state index in [4.69, 9.17) is 4.74 Å². The molecule has 1 aromatic carbocycles. The first-order valence-electron chi connectivity index (χ1n) is 9.74. The maximum Gasteiger partial charge on any atom is 0.269 e. The molecule has 7 heteroatoms. The molecule has 2 heterocycles. The molecule has 0 radical (unpaired) electrons. The zero-order valence-corrected chi connectivity index (χ0v) is 18.2. The molecule has 3 rings (SSSR count). The van der Waals surface area contributed by atoms with E-state index in [2.05, 4.69) is 40.5 Å². The maximum atomic E-state index is 12.7. The number of nitrogens with one attached hydrogen (secondary N) is 2. The monoisotopic (exact) mass is 395 g/mol. The van der Waals surface area contributed by atoms with Crippen molar-refractivity contribution < 1.29 is 9.53 Å². The van der Waals surface area contributed by atoms with E-state index in [9.17, 15) is 4.79 Å². The van der Waals surface area contributed by atoms with Crippen LogP contribution >= 0.6 is 0 Å². The summed E-state index contributed by atoms with van der Waals surface area (Å²) in [7, 11) is 3.58. The second-order valence-corrected chi connectivity index (χ2v) is 7.69. The van der Waals surface area contributed by atoms with Gasteiger partial charge in [0.15, 0.2) is 0 Å². The minimum absolute atomic E-state index is 0.190. The zero-order valence-electron chi connectivity index (χ0n) is 18.2. The van der Waals surface area contributed by atoms with Crippen molar-refractivity contribution in [3.63, 3.8) is 0 Å². The van der Waals surface area contributed by atoms with Crippen LogP contribution in [-0.4, -0.2) is 33.0 Å². The highest BCUT2D eigenvalue weighted by Crippen LogP contribution is 2.30. The normalized spacial score (nSPS) is 11.2. The molecule has 0 aliphatic carbocycles. The average Bonchev–Trinajstić information content (AvgIpc) is 3.24. The Labute approximate surface area is 171 Å². The number of ether oxygens (including phenoxy) is 1. The van der Waals surface area contributed by atoms with E-state index in [1.54, 1.807) is 13.2 Å². The third kappa shape index (κ3) is 4.04. The molecule has 0 atom stereocenters. The predicted molar refractivity (Wildman–Crippen MR) is 113 cm³/mol. The molecular formula is C22H29N5O2. The largest absolute Gasteiger partial charge is 0.496 e. The molecule has 2 aromatic heterocycles. The minimum Gasteiger partial charge on any atom is -0.496 e. The van der Waals surface area contributed by atoms with Gasteiger partial charge in [0.05, 0.1) is 18.5 Å². The van der Waals surface area contributed by atoms with Crippen molar-refractivity contribution in [1.29, 1.82) is 0 Å². The lowest BCUT2D eigenvalue weighted by molar-refractivity contribution is 0.0946. The van der Waals surface area contributed by atoms with Crippen molar-refractivity contribution in [3.8, 4) is 17.0 Å². The number of methoxy groups -OCH3 is 1. The fourth-order valence-corrected chi connectivity index (χ4v) is 3.54. The summed E-state index contributed by atoms with van der Waals surface area (Å²) in [5, 5.41) is 14.6. The molecule has 0 unspecified atom stereocenters. The first-order chi connectivity index (χ1) is 13.7. The summed E-state index contributed by atoms with van der Waals surface area (Å²) in [6, 6.07) is 5.91. The fourth-order valence-electron chi connectivity index (χ4n) is 3.54. The van der Waals surface area contributed by atoms with Crippen molar-refractivity contribution in [3.05, 3.63) is 52.0 Å². The number of nitrogens with zero attached hydrogens (tertiary/aromatic N) is 3. The molecule has 7 nitrogen and oxygen atoms in total. The number of amides is 1. The molecule has 0 saturated carbocycles. The predicted octanol–water partition coefficient (Wildman–Crippen LogP) is 3.80. The molecular weight excluding hydrogens is 366 g/mol. The highest BCUT2D eigenvalue weighted by Gasteiger charge is 2.18. The first kappa shape index (κ1) is 20.6. The van der Waals surface area contributed by atoms with Crippen LogP contribution in [0.3, 0.4) is 0 Å². The Morgan fingerprint density at radius 1 is 1.24 bits per heavy atom. The molecule has 2 N–H and O–H groups in total. The summed E-state index contributed by atoms with van der Waals surface area (Å²) in [6.07, 6.45) is 0. The molecule has 0 fully saturated rings. The highest BCUT2D eigenvalue weighted by atomic mass is 16.5. The average molecular weight is 396 g/mol. The molecule has 0 spiro atoms. The van der Waals surface area contributed by atoms with Gasteiger partial charge in [-0.15, -0.1) is 0 Å². The lowest BCUT2D eigenvalue weighted by Gasteiger charge is -2.16. The Balaban J connectivity index is 1.77. The number of aromatic amines is 1. The van der Waals surface area contributed by atoms with Gasteiger partial charge in [0.25, 0.3) is 5.91 Å². The Morgan fingerprint density at radius 2 is 1.97 bits per heavy atom. The summed E-state index contributed by atoms with van der Waals surface area (Å²) in [4.78, 5) is 12.7. The molecule has 29 heavy (non-hydrogen) atoms. The number of rotatable bonds is 6. The number of hydrogen-bond donors (Lipinski definition) is 2. The maximum absolute atomic E-state index is 12.7. The van der Waals surface area contributed by atoms with Gasteiger partial charge in [0.1, 0.15) is 11.4 Å². The molecule has 0 aliphatic heterocycles. The van der Waals surface area contributed by atoms with E-state index in [0.29, 0.717) is 18.2 Å². The summed E-state index contributed by atoms with van der Waals surface area (Å²) < 4.78 is 7.31. The Kier molecular flexibility index (Phi) is 5.77. The van der Waals surface area contributed by atoms with E-state index in [1.165, 1.54) is 0 Å². The molecule has 3 aromatic rings. The number of benzene rings is 1. The molecule has 1 amide bonds. The standard InChI is InChI=1S/C22H29N5O2/c1-12(2)17-9-16(13(3)8-20(17)29-7)11-23-22(28)19-10-18(24-25-19)21-14(4)26-27(6)15(21)5/h8-10,12H,11H2,1-7H3,(H,23,28)(H,24,25). The third-order valence-electron chi connectivity index (χ3n) is 5.34. The smallest absolute Gasteiger partial charge is 0.269 e. The van der Waals surface area contributed by atoms with E-state index in [0.717, 1.165) is 45.1 Å². The van der Waals surface area contributed by atoms with Gasteiger partial charge >= 0.3 is 0 Å². The fraction of sp³-hybridized carbons (Fsp3) is 0.409. The van der Waals surface area contributed by atoms with Crippen LogP contribution in [0.5, 0.6) is 5.75 Å². The Hall–Kier alpha value is -3.09. The molecule has 0 saturated heterocycles. The van der Waals surface area contributed by atoms with Gasteiger partial charge in [-0.3, -0.25) is 14.6 Å². The van der Waals surface area contributed by atoms with Crippen LogP contribution in [0, 0.1) is 20.8 Å². The van der Waals surface area contributed by atoms with Gasteiger partial charge in [-0.1, -0.05) is 13.8 Å². The quantitative estimate of drug-likeness (QED) is 0.665. The van der Waals surface area contributed by atoms with Crippen molar-refractivity contribution >= 4 is 5.91 Å². The van der Waals surface area contributed by atoms with E-state index >= 15 is 0 Å². The topological polar surface area (TPSA) is 84.8 Å². The second kappa shape index (κ2) is 8.11. The van der Waals surface area contributed by atoms with Gasteiger partial charge in [0, 0.05) is 24.8 Å². The minimum atomic E-state index is -0.190. The first-order valence-corrected chi connectivity index (χ1v) is 9.74. The van der Waals surface area contributed by atoms with Gasteiger partial charge < -0.3 is 10.1 Å². The van der Waals surface area contributed by atoms with Crippen molar-refractivity contribution in [2.75, 3.05) is 7.11 Å². The number of carbonyl (C=O) groups excluding carboxylic acids is 1. The molecule has 0 bridgehead atoms. The number of H-pyrrole nitrogens is 1. The van der Waals surface area contributed by atoms with Gasteiger partial charge in [-0.2, -0.15) is 10.2 Å². The zero-order chi connectivity index (χ0) is 21.3. The SMILES string of the molecule is COc1cc(C)c(CNC(=O)c2cc(-c3c(C)nn(C)c3C)n[nH]2)cc1C(C)C.